The number of benzene rings is 1. The van der Waals surface area contributed by atoms with Crippen LogP contribution in [0.25, 0.3) is 5.57 Å². The second-order valence-corrected chi connectivity index (χ2v) is 4.69. The van der Waals surface area contributed by atoms with Gasteiger partial charge in [-0.15, -0.1) is 0 Å². The van der Waals surface area contributed by atoms with E-state index in [9.17, 15) is 0 Å². The van der Waals surface area contributed by atoms with Crippen LogP contribution >= 0.6 is 0 Å². The van der Waals surface area contributed by atoms with Gasteiger partial charge >= 0.3 is 0 Å². The summed E-state index contributed by atoms with van der Waals surface area (Å²) in [6.07, 6.45) is 2.74. The maximum Gasteiger partial charge on any atom is 0.0726 e. The predicted molar refractivity (Wildman–Crippen MR) is 71.9 cm³/mol. The summed E-state index contributed by atoms with van der Waals surface area (Å²) in [6, 6.07) is 10.7. The van der Waals surface area contributed by atoms with Crippen molar-refractivity contribution >= 4 is 5.57 Å². The van der Waals surface area contributed by atoms with Crippen LogP contribution < -0.4 is 5.32 Å². The average Bonchev–Trinajstić information content (AvgIpc) is 2.90. The Morgan fingerprint density at radius 1 is 1.47 bits per heavy atom. The Balaban J connectivity index is 1.80. The van der Waals surface area contributed by atoms with Crippen LogP contribution in [0, 0.1) is 0 Å². The molecule has 2 atom stereocenters. The third-order valence-corrected chi connectivity index (χ3v) is 3.34. The van der Waals surface area contributed by atoms with Crippen molar-refractivity contribution in [3.05, 3.63) is 42.5 Å². The van der Waals surface area contributed by atoms with Crippen molar-refractivity contribution in [1.29, 1.82) is 0 Å². The number of nitrogens with one attached hydrogen (secondary N) is 1. The Morgan fingerprint density at radius 3 is 2.88 bits per heavy atom. The zero-order valence-corrected chi connectivity index (χ0v) is 10.5. The Hall–Kier alpha value is -1.12. The zero-order valence-electron chi connectivity index (χ0n) is 10.5. The summed E-state index contributed by atoms with van der Waals surface area (Å²) < 4.78 is 5.66. The lowest BCUT2D eigenvalue weighted by Gasteiger charge is -2.20. The van der Waals surface area contributed by atoms with E-state index >= 15 is 0 Å². The van der Waals surface area contributed by atoms with E-state index in [-0.39, 0.29) is 0 Å². The summed E-state index contributed by atoms with van der Waals surface area (Å²) >= 11 is 0. The molecule has 1 aliphatic heterocycles. The summed E-state index contributed by atoms with van der Waals surface area (Å²) in [7, 11) is 0. The lowest BCUT2D eigenvalue weighted by molar-refractivity contribution is 0.0851. The fourth-order valence-corrected chi connectivity index (χ4v) is 2.19. The fraction of sp³-hybridized carbons (Fsp3) is 0.467. The molecule has 1 N–H and O–H groups in total. The second-order valence-electron chi connectivity index (χ2n) is 4.69. The van der Waals surface area contributed by atoms with Gasteiger partial charge in [-0.3, -0.25) is 0 Å². The highest BCUT2D eigenvalue weighted by molar-refractivity contribution is 5.64. The minimum atomic E-state index is 0.374. The van der Waals surface area contributed by atoms with Crippen LogP contribution in [0.15, 0.2) is 36.9 Å². The minimum absolute atomic E-state index is 0.374. The summed E-state index contributed by atoms with van der Waals surface area (Å²) in [5.41, 5.74) is 2.34. The first kappa shape index (κ1) is 12.3. The van der Waals surface area contributed by atoms with Gasteiger partial charge in [-0.1, -0.05) is 36.9 Å². The smallest absolute Gasteiger partial charge is 0.0726 e. The van der Waals surface area contributed by atoms with Gasteiger partial charge < -0.3 is 10.1 Å². The van der Waals surface area contributed by atoms with E-state index in [0.29, 0.717) is 12.1 Å². The van der Waals surface area contributed by atoms with E-state index in [1.54, 1.807) is 0 Å². The van der Waals surface area contributed by atoms with Gasteiger partial charge in [-0.25, -0.2) is 0 Å². The summed E-state index contributed by atoms with van der Waals surface area (Å²) in [5.74, 6) is 0. The normalized spacial score (nSPS) is 21.4. The van der Waals surface area contributed by atoms with Crippen molar-refractivity contribution in [2.75, 3.05) is 13.2 Å². The molecule has 2 nitrogen and oxygen atoms in total. The number of rotatable bonds is 5. The van der Waals surface area contributed by atoms with Crippen LogP contribution in [-0.2, 0) is 4.74 Å². The predicted octanol–water partition coefficient (Wildman–Crippen LogP) is 2.86. The van der Waals surface area contributed by atoms with Gasteiger partial charge in [-0.05, 0) is 30.9 Å². The van der Waals surface area contributed by atoms with Crippen LogP contribution in [-0.4, -0.2) is 25.3 Å². The number of hydrogen-bond donors (Lipinski definition) is 1. The highest BCUT2D eigenvalue weighted by Crippen LogP contribution is 2.16. The average molecular weight is 231 g/mol. The molecule has 2 unspecified atom stereocenters. The molecule has 17 heavy (non-hydrogen) atoms. The van der Waals surface area contributed by atoms with Gasteiger partial charge in [0.15, 0.2) is 0 Å². The molecular weight excluding hydrogens is 210 g/mol. The third-order valence-electron chi connectivity index (χ3n) is 3.34. The Labute approximate surface area is 104 Å². The maximum atomic E-state index is 5.66. The quantitative estimate of drug-likeness (QED) is 0.841. The van der Waals surface area contributed by atoms with Gasteiger partial charge in [0.2, 0.25) is 0 Å². The highest BCUT2D eigenvalue weighted by Gasteiger charge is 2.21. The Bertz CT molecular complexity index is 354. The molecule has 1 aromatic rings. The molecule has 0 bridgehead atoms. The van der Waals surface area contributed by atoms with Gasteiger partial charge in [0, 0.05) is 19.2 Å². The summed E-state index contributed by atoms with van der Waals surface area (Å²) in [6.45, 7) is 8.05. The molecule has 0 spiro atoms. The first-order valence-corrected chi connectivity index (χ1v) is 6.35. The van der Waals surface area contributed by atoms with Crippen LogP contribution in [0.1, 0.15) is 25.3 Å². The van der Waals surface area contributed by atoms with Crippen molar-refractivity contribution in [2.24, 2.45) is 0 Å². The van der Waals surface area contributed by atoms with E-state index in [2.05, 4.69) is 31.0 Å². The van der Waals surface area contributed by atoms with E-state index in [4.69, 9.17) is 4.74 Å². The van der Waals surface area contributed by atoms with E-state index in [0.717, 1.165) is 18.7 Å². The lowest BCUT2D eigenvalue weighted by atomic mass is 10.1. The van der Waals surface area contributed by atoms with Gasteiger partial charge in [0.05, 0.1) is 6.10 Å². The van der Waals surface area contributed by atoms with Crippen molar-refractivity contribution in [2.45, 2.75) is 31.9 Å². The number of ether oxygens (including phenoxy) is 1. The van der Waals surface area contributed by atoms with Crippen LogP contribution in [0.2, 0.25) is 0 Å². The van der Waals surface area contributed by atoms with Crippen molar-refractivity contribution < 1.29 is 4.74 Å². The molecule has 92 valence electrons. The fourth-order valence-electron chi connectivity index (χ4n) is 2.19. The maximum absolute atomic E-state index is 5.66. The van der Waals surface area contributed by atoms with Crippen molar-refractivity contribution in [1.82, 2.24) is 5.32 Å². The van der Waals surface area contributed by atoms with E-state index in [1.165, 1.54) is 18.4 Å². The minimum Gasteiger partial charge on any atom is -0.377 e. The van der Waals surface area contributed by atoms with Crippen LogP contribution in [0.5, 0.6) is 0 Å². The topological polar surface area (TPSA) is 21.3 Å². The van der Waals surface area contributed by atoms with Crippen molar-refractivity contribution in [3.8, 4) is 0 Å². The Kier molecular flexibility index (Phi) is 4.35. The molecule has 1 aromatic carbocycles. The molecule has 2 heteroatoms. The molecule has 1 fully saturated rings. The molecule has 0 saturated carbocycles. The largest absolute Gasteiger partial charge is 0.377 e. The molecule has 0 amide bonds. The Morgan fingerprint density at radius 2 is 2.24 bits per heavy atom. The SMILES string of the molecule is C=C(CNC(C)C1CCCO1)c1ccccc1. The van der Waals surface area contributed by atoms with Crippen molar-refractivity contribution in [3.63, 3.8) is 0 Å². The van der Waals surface area contributed by atoms with E-state index < -0.39 is 0 Å². The van der Waals surface area contributed by atoms with Gasteiger partial charge in [-0.2, -0.15) is 0 Å². The molecular formula is C15H21NO. The molecule has 0 radical (unpaired) electrons. The monoisotopic (exact) mass is 231 g/mol. The molecule has 0 aliphatic carbocycles. The molecule has 1 saturated heterocycles. The standard InChI is InChI=1S/C15H21NO/c1-12(14-7-4-3-5-8-14)11-16-13(2)15-9-6-10-17-15/h3-5,7-8,13,15-16H,1,6,9-11H2,2H3. The lowest BCUT2D eigenvalue weighted by Crippen LogP contribution is -2.37. The number of hydrogen-bond acceptors (Lipinski definition) is 2. The summed E-state index contributed by atoms with van der Waals surface area (Å²) in [4.78, 5) is 0. The first-order chi connectivity index (χ1) is 8.27. The van der Waals surface area contributed by atoms with Gasteiger partial charge in [0.25, 0.3) is 0 Å². The van der Waals surface area contributed by atoms with Crippen LogP contribution in [0.4, 0.5) is 0 Å². The first-order valence-electron chi connectivity index (χ1n) is 6.35. The highest BCUT2D eigenvalue weighted by atomic mass is 16.5. The van der Waals surface area contributed by atoms with Gasteiger partial charge in [0.1, 0.15) is 0 Å². The molecule has 1 heterocycles. The molecule has 0 aromatic heterocycles. The molecule has 1 aliphatic rings. The van der Waals surface area contributed by atoms with E-state index in [1.807, 2.05) is 18.2 Å². The second kappa shape index (κ2) is 5.99. The summed E-state index contributed by atoms with van der Waals surface area (Å²) in [5, 5.41) is 3.50. The molecule has 2 rings (SSSR count). The zero-order chi connectivity index (χ0) is 12.1. The van der Waals surface area contributed by atoms with Crippen LogP contribution in [0.3, 0.4) is 0 Å². The third kappa shape index (κ3) is 3.42.